The van der Waals surface area contributed by atoms with Crippen molar-refractivity contribution in [2.45, 2.75) is 12.5 Å². The Kier molecular flexibility index (Phi) is 4.36. The fourth-order valence-electron chi connectivity index (χ4n) is 2.06. The molecule has 0 bridgehead atoms. The molecule has 1 atom stereocenters. The fourth-order valence-corrected chi connectivity index (χ4v) is 2.06. The number of amides is 1. The van der Waals surface area contributed by atoms with Gasteiger partial charge in [-0.3, -0.25) is 4.79 Å². The molecule has 0 saturated heterocycles. The summed E-state index contributed by atoms with van der Waals surface area (Å²) >= 11 is 0. The van der Waals surface area contributed by atoms with Gasteiger partial charge in [-0.1, -0.05) is 30.3 Å². The molecule has 4 heteroatoms. The predicted octanol–water partition coefficient (Wildman–Crippen LogP) is 1.38. The Labute approximate surface area is 113 Å². The minimum atomic E-state index is -0.290. The van der Waals surface area contributed by atoms with Gasteiger partial charge in [0, 0.05) is 25.5 Å². The normalized spacial score (nSPS) is 12.1. The molecule has 1 aromatic carbocycles. The average Bonchev–Trinajstić information content (AvgIpc) is 2.84. The van der Waals surface area contributed by atoms with Gasteiger partial charge < -0.3 is 15.6 Å². The van der Waals surface area contributed by atoms with E-state index in [0.717, 1.165) is 11.3 Å². The van der Waals surface area contributed by atoms with Crippen LogP contribution >= 0.6 is 0 Å². The van der Waals surface area contributed by atoms with Crippen molar-refractivity contribution >= 4 is 5.91 Å². The molecule has 1 amide bonds. The minimum Gasteiger partial charge on any atom is -0.353 e. The summed E-state index contributed by atoms with van der Waals surface area (Å²) in [5.41, 5.74) is 7.74. The molecule has 0 fully saturated rings. The summed E-state index contributed by atoms with van der Waals surface area (Å²) in [7, 11) is 1.96. The summed E-state index contributed by atoms with van der Waals surface area (Å²) in [5, 5.41) is 2.94. The molecule has 4 nitrogen and oxygen atoms in total. The number of benzene rings is 1. The zero-order chi connectivity index (χ0) is 13.7. The lowest BCUT2D eigenvalue weighted by molar-refractivity contribution is -0.122. The van der Waals surface area contributed by atoms with Gasteiger partial charge in [0.15, 0.2) is 0 Å². The van der Waals surface area contributed by atoms with Crippen LogP contribution in [0.25, 0.3) is 0 Å². The number of nitrogens with two attached hydrogens (primary N) is 1. The molecular formula is C15H19N3O. The first-order chi connectivity index (χ1) is 9.22. The van der Waals surface area contributed by atoms with Crippen molar-refractivity contribution in [3.05, 3.63) is 59.9 Å². The molecule has 3 N–H and O–H groups in total. The highest BCUT2D eigenvalue weighted by molar-refractivity contribution is 5.83. The smallest absolute Gasteiger partial charge is 0.229 e. The Hall–Kier alpha value is -2.07. The number of rotatable bonds is 5. The first kappa shape index (κ1) is 13.4. The Morgan fingerprint density at radius 1 is 1.26 bits per heavy atom. The molecule has 2 aromatic rings. The van der Waals surface area contributed by atoms with Gasteiger partial charge >= 0.3 is 0 Å². The molecule has 0 radical (unpaired) electrons. The number of nitrogens with one attached hydrogen (secondary N) is 1. The first-order valence-electron chi connectivity index (χ1n) is 6.35. The SMILES string of the molecule is Cn1cccc1CNC(=O)C(CN)c1ccccc1. The monoisotopic (exact) mass is 257 g/mol. The lowest BCUT2D eigenvalue weighted by Crippen LogP contribution is -2.33. The molecule has 0 saturated carbocycles. The number of hydrogen-bond acceptors (Lipinski definition) is 2. The third-order valence-electron chi connectivity index (χ3n) is 3.25. The fraction of sp³-hybridized carbons (Fsp3) is 0.267. The Morgan fingerprint density at radius 3 is 2.58 bits per heavy atom. The molecule has 1 heterocycles. The first-order valence-corrected chi connectivity index (χ1v) is 6.35. The van der Waals surface area contributed by atoms with Gasteiger partial charge in [-0.2, -0.15) is 0 Å². The molecule has 0 aliphatic rings. The summed E-state index contributed by atoms with van der Waals surface area (Å²) in [6, 6.07) is 13.6. The second-order valence-corrected chi connectivity index (χ2v) is 4.53. The van der Waals surface area contributed by atoms with Crippen molar-refractivity contribution in [2.75, 3.05) is 6.54 Å². The van der Waals surface area contributed by atoms with Crippen LogP contribution in [0, 0.1) is 0 Å². The standard InChI is InChI=1S/C15H19N3O/c1-18-9-5-8-13(18)11-17-15(19)14(10-16)12-6-3-2-4-7-12/h2-9,14H,10-11,16H2,1H3,(H,17,19). The van der Waals surface area contributed by atoms with Crippen LogP contribution in [-0.2, 0) is 18.4 Å². The molecule has 0 spiro atoms. The lowest BCUT2D eigenvalue weighted by atomic mass is 9.98. The van der Waals surface area contributed by atoms with Gasteiger partial charge in [-0.05, 0) is 17.7 Å². The van der Waals surface area contributed by atoms with Crippen LogP contribution in [0.4, 0.5) is 0 Å². The summed E-state index contributed by atoms with van der Waals surface area (Å²) in [4.78, 5) is 12.2. The number of carbonyl (C=O) groups excluding carboxylic acids is 1. The minimum absolute atomic E-state index is 0.0325. The van der Waals surface area contributed by atoms with E-state index in [0.29, 0.717) is 13.1 Å². The molecule has 0 aliphatic carbocycles. The van der Waals surface area contributed by atoms with Crippen molar-refractivity contribution in [3.8, 4) is 0 Å². The van der Waals surface area contributed by atoms with Crippen LogP contribution in [-0.4, -0.2) is 17.0 Å². The van der Waals surface area contributed by atoms with Gasteiger partial charge in [-0.25, -0.2) is 0 Å². The number of hydrogen-bond donors (Lipinski definition) is 2. The molecule has 2 rings (SSSR count). The van der Waals surface area contributed by atoms with Gasteiger partial charge in [0.1, 0.15) is 0 Å². The maximum absolute atomic E-state index is 12.2. The predicted molar refractivity (Wildman–Crippen MR) is 75.5 cm³/mol. The lowest BCUT2D eigenvalue weighted by Gasteiger charge is -2.15. The van der Waals surface area contributed by atoms with E-state index in [9.17, 15) is 4.79 Å². The zero-order valence-corrected chi connectivity index (χ0v) is 11.0. The number of aromatic nitrogens is 1. The van der Waals surface area contributed by atoms with Crippen molar-refractivity contribution < 1.29 is 4.79 Å². The molecule has 100 valence electrons. The van der Waals surface area contributed by atoms with E-state index < -0.39 is 0 Å². The largest absolute Gasteiger partial charge is 0.353 e. The third kappa shape index (κ3) is 3.23. The van der Waals surface area contributed by atoms with Gasteiger partial charge in [0.2, 0.25) is 5.91 Å². The zero-order valence-electron chi connectivity index (χ0n) is 11.0. The average molecular weight is 257 g/mol. The van der Waals surface area contributed by atoms with Crippen LogP contribution in [0.15, 0.2) is 48.7 Å². The van der Waals surface area contributed by atoms with Crippen molar-refractivity contribution in [2.24, 2.45) is 12.8 Å². The summed E-state index contributed by atoms with van der Waals surface area (Å²) in [6.45, 7) is 0.828. The number of carbonyl (C=O) groups is 1. The highest BCUT2D eigenvalue weighted by Crippen LogP contribution is 2.14. The van der Waals surface area contributed by atoms with Crippen molar-refractivity contribution in [3.63, 3.8) is 0 Å². The highest BCUT2D eigenvalue weighted by atomic mass is 16.1. The van der Waals surface area contributed by atoms with Gasteiger partial charge in [0.25, 0.3) is 0 Å². The van der Waals surface area contributed by atoms with Gasteiger partial charge in [-0.15, -0.1) is 0 Å². The van der Waals surface area contributed by atoms with Crippen LogP contribution in [0.5, 0.6) is 0 Å². The van der Waals surface area contributed by atoms with E-state index >= 15 is 0 Å². The molecular weight excluding hydrogens is 238 g/mol. The molecule has 19 heavy (non-hydrogen) atoms. The second-order valence-electron chi connectivity index (χ2n) is 4.53. The van der Waals surface area contributed by atoms with E-state index in [1.165, 1.54) is 0 Å². The summed E-state index contributed by atoms with van der Waals surface area (Å²) in [5.74, 6) is -0.323. The van der Waals surface area contributed by atoms with E-state index in [1.54, 1.807) is 0 Å². The van der Waals surface area contributed by atoms with Crippen molar-refractivity contribution in [1.82, 2.24) is 9.88 Å². The van der Waals surface area contributed by atoms with E-state index in [4.69, 9.17) is 5.73 Å². The molecule has 0 aliphatic heterocycles. The maximum atomic E-state index is 12.2. The van der Waals surface area contributed by atoms with E-state index in [1.807, 2.05) is 60.3 Å². The maximum Gasteiger partial charge on any atom is 0.229 e. The highest BCUT2D eigenvalue weighted by Gasteiger charge is 2.18. The topological polar surface area (TPSA) is 60.0 Å². The molecule has 1 aromatic heterocycles. The number of aryl methyl sites for hydroxylation is 1. The Morgan fingerprint density at radius 2 is 2.00 bits per heavy atom. The quantitative estimate of drug-likeness (QED) is 0.850. The van der Waals surface area contributed by atoms with E-state index in [-0.39, 0.29) is 11.8 Å². The summed E-state index contributed by atoms with van der Waals surface area (Å²) < 4.78 is 1.99. The third-order valence-corrected chi connectivity index (χ3v) is 3.25. The Bertz CT molecular complexity index is 533. The second kappa shape index (κ2) is 6.20. The molecule has 1 unspecified atom stereocenters. The summed E-state index contributed by atoms with van der Waals surface area (Å²) in [6.07, 6.45) is 1.96. The Balaban J connectivity index is 2.00. The van der Waals surface area contributed by atoms with Crippen LogP contribution in [0.3, 0.4) is 0 Å². The number of nitrogens with zero attached hydrogens (tertiary/aromatic N) is 1. The van der Waals surface area contributed by atoms with Crippen LogP contribution in [0.1, 0.15) is 17.2 Å². The van der Waals surface area contributed by atoms with Crippen LogP contribution < -0.4 is 11.1 Å². The van der Waals surface area contributed by atoms with Crippen LogP contribution in [0.2, 0.25) is 0 Å². The van der Waals surface area contributed by atoms with Crippen molar-refractivity contribution in [1.29, 1.82) is 0 Å². The van der Waals surface area contributed by atoms with Gasteiger partial charge in [0.05, 0.1) is 12.5 Å². The van der Waals surface area contributed by atoms with E-state index in [2.05, 4.69) is 5.32 Å².